The van der Waals surface area contributed by atoms with Gasteiger partial charge in [0.05, 0.1) is 0 Å². The number of anilines is 2. The van der Waals surface area contributed by atoms with E-state index in [1.54, 1.807) is 6.07 Å². The summed E-state index contributed by atoms with van der Waals surface area (Å²) in [6.45, 7) is 3.82. The largest absolute Gasteiger partial charge is 0.367 e. The maximum Gasteiger partial charge on any atom is 0.255 e. The van der Waals surface area contributed by atoms with Crippen LogP contribution in [0, 0.1) is 5.82 Å². The van der Waals surface area contributed by atoms with E-state index >= 15 is 0 Å². The van der Waals surface area contributed by atoms with E-state index in [4.69, 9.17) is 0 Å². The SMILES string of the molecule is CCN(Cc1ccccc1)c1ccc(NC(=O)c2cccc(F)c2)cc1. The van der Waals surface area contributed by atoms with E-state index in [1.807, 2.05) is 42.5 Å². The number of nitrogens with one attached hydrogen (secondary N) is 1. The molecule has 3 nitrogen and oxygen atoms in total. The molecule has 3 aromatic carbocycles. The van der Waals surface area contributed by atoms with E-state index in [1.165, 1.54) is 23.8 Å². The first kappa shape index (κ1) is 17.7. The summed E-state index contributed by atoms with van der Waals surface area (Å²) < 4.78 is 13.2. The topological polar surface area (TPSA) is 32.3 Å². The zero-order chi connectivity index (χ0) is 18.4. The molecule has 132 valence electrons. The Morgan fingerprint density at radius 2 is 1.69 bits per heavy atom. The lowest BCUT2D eigenvalue weighted by atomic mass is 10.2. The fourth-order valence-electron chi connectivity index (χ4n) is 2.78. The average molecular weight is 348 g/mol. The van der Waals surface area contributed by atoms with Crippen LogP contribution in [0.2, 0.25) is 0 Å². The van der Waals surface area contributed by atoms with Gasteiger partial charge in [-0.1, -0.05) is 36.4 Å². The highest BCUT2D eigenvalue weighted by molar-refractivity contribution is 6.04. The van der Waals surface area contributed by atoms with Gasteiger partial charge in [0.25, 0.3) is 5.91 Å². The van der Waals surface area contributed by atoms with Crippen molar-refractivity contribution in [2.45, 2.75) is 13.5 Å². The Hall–Kier alpha value is -3.14. The molecule has 1 amide bonds. The Labute approximate surface area is 153 Å². The Kier molecular flexibility index (Phi) is 5.64. The zero-order valence-corrected chi connectivity index (χ0v) is 14.7. The van der Waals surface area contributed by atoms with E-state index in [-0.39, 0.29) is 5.91 Å². The van der Waals surface area contributed by atoms with Crippen molar-refractivity contribution in [3.05, 3.63) is 95.8 Å². The minimum atomic E-state index is -0.424. The Balaban J connectivity index is 1.68. The van der Waals surface area contributed by atoms with E-state index in [0.717, 1.165) is 18.8 Å². The Morgan fingerprint density at radius 3 is 2.35 bits per heavy atom. The van der Waals surface area contributed by atoms with Crippen molar-refractivity contribution < 1.29 is 9.18 Å². The van der Waals surface area contributed by atoms with Gasteiger partial charge in [0.1, 0.15) is 5.82 Å². The number of hydrogen-bond donors (Lipinski definition) is 1. The molecule has 1 N–H and O–H groups in total. The van der Waals surface area contributed by atoms with Crippen LogP contribution in [-0.4, -0.2) is 12.5 Å². The number of halogens is 1. The van der Waals surface area contributed by atoms with Gasteiger partial charge in [-0.25, -0.2) is 4.39 Å². The summed E-state index contributed by atoms with van der Waals surface area (Å²) in [5.41, 5.74) is 3.31. The fourth-order valence-corrected chi connectivity index (χ4v) is 2.78. The molecule has 3 rings (SSSR count). The molecule has 0 saturated heterocycles. The van der Waals surface area contributed by atoms with Crippen molar-refractivity contribution >= 4 is 17.3 Å². The number of rotatable bonds is 6. The smallest absolute Gasteiger partial charge is 0.255 e. The van der Waals surface area contributed by atoms with Crippen LogP contribution >= 0.6 is 0 Å². The molecule has 0 radical (unpaired) electrons. The quantitative estimate of drug-likeness (QED) is 0.672. The van der Waals surface area contributed by atoms with Crippen molar-refractivity contribution in [3.8, 4) is 0 Å². The maximum absolute atomic E-state index is 13.2. The third-order valence-corrected chi connectivity index (χ3v) is 4.18. The number of benzene rings is 3. The Morgan fingerprint density at radius 1 is 0.962 bits per heavy atom. The number of hydrogen-bond acceptors (Lipinski definition) is 2. The lowest BCUT2D eigenvalue weighted by molar-refractivity contribution is 0.102. The summed E-state index contributed by atoms with van der Waals surface area (Å²) in [4.78, 5) is 14.5. The normalized spacial score (nSPS) is 10.4. The second-order valence-electron chi connectivity index (χ2n) is 6.01. The maximum atomic E-state index is 13.2. The average Bonchev–Trinajstić information content (AvgIpc) is 2.67. The van der Waals surface area contributed by atoms with Crippen LogP contribution < -0.4 is 10.2 Å². The molecular formula is C22H21FN2O. The molecule has 0 bridgehead atoms. The molecule has 26 heavy (non-hydrogen) atoms. The molecule has 0 heterocycles. The molecule has 3 aromatic rings. The van der Waals surface area contributed by atoms with E-state index < -0.39 is 5.82 Å². The van der Waals surface area contributed by atoms with E-state index in [0.29, 0.717) is 11.3 Å². The number of carbonyl (C=O) groups is 1. The van der Waals surface area contributed by atoms with Crippen molar-refractivity contribution in [3.63, 3.8) is 0 Å². The van der Waals surface area contributed by atoms with Gasteiger partial charge in [-0.15, -0.1) is 0 Å². The third kappa shape index (κ3) is 4.48. The number of nitrogens with zero attached hydrogens (tertiary/aromatic N) is 1. The minimum absolute atomic E-state index is 0.299. The monoisotopic (exact) mass is 348 g/mol. The van der Waals surface area contributed by atoms with Gasteiger partial charge in [0, 0.05) is 30.0 Å². The molecule has 0 fully saturated rings. The molecule has 0 aliphatic heterocycles. The summed E-state index contributed by atoms with van der Waals surface area (Å²) in [6, 6.07) is 23.6. The molecule has 0 aliphatic carbocycles. The summed E-state index contributed by atoms with van der Waals surface area (Å²) >= 11 is 0. The summed E-state index contributed by atoms with van der Waals surface area (Å²) in [6.07, 6.45) is 0. The molecule has 0 atom stereocenters. The lowest BCUT2D eigenvalue weighted by Crippen LogP contribution is -2.21. The van der Waals surface area contributed by atoms with Gasteiger partial charge in [0.2, 0.25) is 0 Å². The van der Waals surface area contributed by atoms with E-state index in [9.17, 15) is 9.18 Å². The molecular weight excluding hydrogens is 327 g/mol. The van der Waals surface area contributed by atoms with Crippen LogP contribution in [0.25, 0.3) is 0 Å². The molecule has 0 aliphatic rings. The molecule has 0 aromatic heterocycles. The van der Waals surface area contributed by atoms with Crippen LogP contribution in [0.4, 0.5) is 15.8 Å². The van der Waals surface area contributed by atoms with Crippen molar-refractivity contribution in [2.24, 2.45) is 0 Å². The lowest BCUT2D eigenvalue weighted by Gasteiger charge is -2.23. The first-order valence-electron chi connectivity index (χ1n) is 8.61. The van der Waals surface area contributed by atoms with Gasteiger partial charge < -0.3 is 10.2 Å². The molecule has 4 heteroatoms. The zero-order valence-electron chi connectivity index (χ0n) is 14.7. The van der Waals surface area contributed by atoms with Crippen LogP contribution in [0.3, 0.4) is 0 Å². The second-order valence-corrected chi connectivity index (χ2v) is 6.01. The fraction of sp³-hybridized carbons (Fsp3) is 0.136. The van der Waals surface area contributed by atoms with Crippen molar-refractivity contribution in [1.82, 2.24) is 0 Å². The first-order valence-corrected chi connectivity index (χ1v) is 8.61. The van der Waals surface area contributed by atoms with Crippen LogP contribution in [0.15, 0.2) is 78.9 Å². The second kappa shape index (κ2) is 8.30. The highest BCUT2D eigenvalue weighted by Crippen LogP contribution is 2.20. The Bertz CT molecular complexity index is 863. The summed E-state index contributed by atoms with van der Waals surface area (Å²) in [5.74, 6) is -0.749. The summed E-state index contributed by atoms with van der Waals surface area (Å²) in [7, 11) is 0. The van der Waals surface area contributed by atoms with E-state index in [2.05, 4.69) is 29.3 Å². The van der Waals surface area contributed by atoms with Gasteiger partial charge >= 0.3 is 0 Å². The van der Waals surface area contributed by atoms with Gasteiger partial charge in [0.15, 0.2) is 0 Å². The van der Waals surface area contributed by atoms with Crippen molar-refractivity contribution in [2.75, 3.05) is 16.8 Å². The molecule has 0 saturated carbocycles. The predicted octanol–water partition coefficient (Wildman–Crippen LogP) is 5.10. The predicted molar refractivity (Wildman–Crippen MR) is 104 cm³/mol. The van der Waals surface area contributed by atoms with Gasteiger partial charge in [-0.2, -0.15) is 0 Å². The van der Waals surface area contributed by atoms with Crippen LogP contribution in [-0.2, 0) is 6.54 Å². The molecule has 0 spiro atoms. The van der Waals surface area contributed by atoms with Crippen LogP contribution in [0.5, 0.6) is 0 Å². The first-order chi connectivity index (χ1) is 12.7. The highest BCUT2D eigenvalue weighted by Gasteiger charge is 2.09. The number of carbonyl (C=O) groups excluding carboxylic acids is 1. The van der Waals surface area contributed by atoms with Crippen molar-refractivity contribution in [1.29, 1.82) is 0 Å². The highest BCUT2D eigenvalue weighted by atomic mass is 19.1. The standard InChI is InChI=1S/C22H21FN2O/c1-2-25(16-17-7-4-3-5-8-17)21-13-11-20(12-14-21)24-22(26)18-9-6-10-19(23)15-18/h3-15H,2,16H2,1H3,(H,24,26). The van der Waals surface area contributed by atoms with Crippen LogP contribution in [0.1, 0.15) is 22.8 Å². The van der Waals surface area contributed by atoms with Gasteiger partial charge in [-0.05, 0) is 55.0 Å². The summed E-state index contributed by atoms with van der Waals surface area (Å²) in [5, 5.41) is 2.80. The molecule has 0 unspecified atom stereocenters. The minimum Gasteiger partial charge on any atom is -0.367 e. The third-order valence-electron chi connectivity index (χ3n) is 4.18. The number of amides is 1. The van der Waals surface area contributed by atoms with Gasteiger partial charge in [-0.3, -0.25) is 4.79 Å².